The molecule has 0 unspecified atom stereocenters. The smallest absolute Gasteiger partial charge is 0.256 e. The molecule has 6 heteroatoms. The zero-order valence-electron chi connectivity index (χ0n) is 14.9. The van der Waals surface area contributed by atoms with E-state index in [0.29, 0.717) is 11.7 Å². The van der Waals surface area contributed by atoms with Crippen molar-refractivity contribution in [2.75, 3.05) is 12.8 Å². The zero-order chi connectivity index (χ0) is 18.1. The van der Waals surface area contributed by atoms with Crippen LogP contribution in [0.2, 0.25) is 0 Å². The van der Waals surface area contributed by atoms with Gasteiger partial charge in [0, 0.05) is 35.8 Å². The molecule has 0 fully saturated rings. The van der Waals surface area contributed by atoms with Gasteiger partial charge in [0.2, 0.25) is 0 Å². The van der Waals surface area contributed by atoms with Crippen molar-refractivity contribution in [1.29, 1.82) is 0 Å². The van der Waals surface area contributed by atoms with Crippen molar-refractivity contribution in [1.82, 2.24) is 14.9 Å². The number of aryl methyl sites for hydroxylation is 1. The van der Waals surface area contributed by atoms with Crippen molar-refractivity contribution in [2.45, 2.75) is 31.6 Å². The number of nitrogens with zero attached hydrogens (tertiary/aromatic N) is 2. The van der Waals surface area contributed by atoms with Crippen molar-refractivity contribution in [3.8, 4) is 10.4 Å². The van der Waals surface area contributed by atoms with E-state index in [9.17, 15) is 4.79 Å². The number of rotatable bonds is 4. The van der Waals surface area contributed by atoms with Crippen LogP contribution < -0.4 is 5.56 Å². The minimum Gasteiger partial charge on any atom is -0.301 e. The van der Waals surface area contributed by atoms with E-state index in [4.69, 9.17) is 0 Å². The molecule has 0 bridgehead atoms. The highest BCUT2D eigenvalue weighted by molar-refractivity contribution is 7.98. The fourth-order valence-corrected chi connectivity index (χ4v) is 4.77. The molecule has 134 valence electrons. The fourth-order valence-electron chi connectivity index (χ4n) is 3.33. The third kappa shape index (κ3) is 3.63. The van der Waals surface area contributed by atoms with Crippen molar-refractivity contribution in [3.05, 3.63) is 68.4 Å². The van der Waals surface area contributed by atoms with Crippen LogP contribution in [0, 0.1) is 6.92 Å². The van der Waals surface area contributed by atoms with Gasteiger partial charge in [-0.05, 0) is 30.9 Å². The average Bonchev–Trinajstić information content (AvgIpc) is 3.10. The van der Waals surface area contributed by atoms with E-state index >= 15 is 0 Å². The lowest BCUT2D eigenvalue weighted by Crippen LogP contribution is -2.35. The summed E-state index contributed by atoms with van der Waals surface area (Å²) >= 11 is 3.32. The number of thioether (sulfide) groups is 1. The van der Waals surface area contributed by atoms with Gasteiger partial charge in [-0.2, -0.15) is 0 Å². The molecule has 4 rings (SSSR count). The number of H-pyrrole nitrogens is 1. The maximum absolute atomic E-state index is 12.3. The van der Waals surface area contributed by atoms with E-state index in [0.717, 1.165) is 30.8 Å². The fraction of sp³-hybridized carbons (Fsp3) is 0.300. The molecule has 0 radical (unpaired) electrons. The molecule has 1 aliphatic rings. The molecular weight excluding hydrogens is 362 g/mol. The Morgan fingerprint density at radius 2 is 2.19 bits per heavy atom. The summed E-state index contributed by atoms with van der Waals surface area (Å²) in [6.45, 7) is 4.61. The molecule has 0 atom stereocenters. The van der Waals surface area contributed by atoms with Gasteiger partial charge in [-0.3, -0.25) is 9.69 Å². The topological polar surface area (TPSA) is 49.0 Å². The second kappa shape index (κ2) is 7.39. The van der Waals surface area contributed by atoms with Gasteiger partial charge in [-0.25, -0.2) is 4.98 Å². The first kappa shape index (κ1) is 17.5. The molecular formula is C20H21N3OS2. The standard InChI is InChI=1S/C20H21N3OS2/c1-13-4-3-5-14(10-13)18-7-6-15(26-18)11-23-9-8-17-16(12-23)19(24)22-20(21-17)25-2/h3-7,10H,8-9,11-12H2,1-2H3,(H,21,22,24). The highest BCUT2D eigenvalue weighted by Gasteiger charge is 2.21. The van der Waals surface area contributed by atoms with Crippen LogP contribution in [-0.2, 0) is 19.5 Å². The Kier molecular flexibility index (Phi) is 4.98. The van der Waals surface area contributed by atoms with E-state index in [1.165, 1.54) is 32.6 Å². The molecule has 3 aromatic rings. The number of hydrogen-bond donors (Lipinski definition) is 1. The first-order chi connectivity index (χ1) is 12.6. The predicted octanol–water partition coefficient (Wildman–Crippen LogP) is 4.09. The van der Waals surface area contributed by atoms with E-state index < -0.39 is 0 Å². The lowest BCUT2D eigenvalue weighted by molar-refractivity contribution is 0.243. The van der Waals surface area contributed by atoms with Gasteiger partial charge < -0.3 is 4.98 Å². The van der Waals surface area contributed by atoms with Crippen molar-refractivity contribution < 1.29 is 0 Å². The summed E-state index contributed by atoms with van der Waals surface area (Å²) < 4.78 is 0. The van der Waals surface area contributed by atoms with Crippen molar-refractivity contribution in [2.24, 2.45) is 0 Å². The van der Waals surface area contributed by atoms with E-state index in [-0.39, 0.29) is 5.56 Å². The predicted molar refractivity (Wildman–Crippen MR) is 109 cm³/mol. The van der Waals surface area contributed by atoms with Gasteiger partial charge in [0.1, 0.15) is 0 Å². The van der Waals surface area contributed by atoms with Crippen LogP contribution in [0.3, 0.4) is 0 Å². The third-order valence-corrected chi connectivity index (χ3v) is 6.36. The van der Waals surface area contributed by atoms with E-state index in [2.05, 4.69) is 58.2 Å². The Balaban J connectivity index is 1.50. The number of nitrogens with one attached hydrogen (secondary N) is 1. The lowest BCUT2D eigenvalue weighted by atomic mass is 10.1. The molecule has 0 spiro atoms. The number of aromatic nitrogens is 2. The monoisotopic (exact) mass is 383 g/mol. The third-order valence-electron chi connectivity index (χ3n) is 4.66. The summed E-state index contributed by atoms with van der Waals surface area (Å²) in [7, 11) is 0. The maximum Gasteiger partial charge on any atom is 0.256 e. The van der Waals surface area contributed by atoms with Gasteiger partial charge in [0.05, 0.1) is 11.3 Å². The summed E-state index contributed by atoms with van der Waals surface area (Å²) in [6.07, 6.45) is 2.77. The second-order valence-corrected chi connectivity index (χ2v) is 8.56. The number of benzene rings is 1. The molecule has 3 heterocycles. The molecule has 2 aromatic heterocycles. The summed E-state index contributed by atoms with van der Waals surface area (Å²) in [4.78, 5) is 24.7. The molecule has 0 aliphatic carbocycles. The van der Waals surface area contributed by atoms with Crippen LogP contribution in [0.15, 0.2) is 46.3 Å². The van der Waals surface area contributed by atoms with E-state index in [1.807, 2.05) is 17.6 Å². The SMILES string of the molecule is CSc1nc2c(c(=O)[nH]1)CN(Cc1ccc(-c3cccc(C)c3)s1)CC2. The number of aromatic amines is 1. The summed E-state index contributed by atoms with van der Waals surface area (Å²) in [6, 6.07) is 13.0. The van der Waals surface area contributed by atoms with Gasteiger partial charge in [-0.15, -0.1) is 11.3 Å². The van der Waals surface area contributed by atoms with Gasteiger partial charge in [0.15, 0.2) is 5.16 Å². The van der Waals surface area contributed by atoms with Crippen LogP contribution >= 0.6 is 23.1 Å². The number of hydrogen-bond acceptors (Lipinski definition) is 5. The highest BCUT2D eigenvalue weighted by Crippen LogP contribution is 2.30. The zero-order valence-corrected chi connectivity index (χ0v) is 16.5. The van der Waals surface area contributed by atoms with Crippen molar-refractivity contribution in [3.63, 3.8) is 0 Å². The lowest BCUT2D eigenvalue weighted by Gasteiger charge is -2.27. The Hall–Kier alpha value is -1.89. The second-order valence-electron chi connectivity index (χ2n) is 6.60. The molecule has 0 saturated heterocycles. The van der Waals surface area contributed by atoms with Gasteiger partial charge in [0.25, 0.3) is 5.56 Å². The molecule has 1 aromatic carbocycles. The van der Waals surface area contributed by atoms with Gasteiger partial charge >= 0.3 is 0 Å². The van der Waals surface area contributed by atoms with Gasteiger partial charge in [-0.1, -0.05) is 41.6 Å². The van der Waals surface area contributed by atoms with Crippen LogP contribution in [-0.4, -0.2) is 27.7 Å². The van der Waals surface area contributed by atoms with Crippen LogP contribution in [0.25, 0.3) is 10.4 Å². The Morgan fingerprint density at radius 1 is 1.31 bits per heavy atom. The molecule has 1 N–H and O–H groups in total. The van der Waals surface area contributed by atoms with Crippen LogP contribution in [0.5, 0.6) is 0 Å². The van der Waals surface area contributed by atoms with E-state index in [1.54, 1.807) is 0 Å². The molecule has 4 nitrogen and oxygen atoms in total. The maximum atomic E-state index is 12.3. The molecule has 1 aliphatic heterocycles. The van der Waals surface area contributed by atoms with Crippen LogP contribution in [0.4, 0.5) is 0 Å². The average molecular weight is 384 g/mol. The normalized spacial score (nSPS) is 14.4. The highest BCUT2D eigenvalue weighted by atomic mass is 32.2. The molecule has 26 heavy (non-hydrogen) atoms. The largest absolute Gasteiger partial charge is 0.301 e. The Morgan fingerprint density at radius 3 is 3.00 bits per heavy atom. The van der Waals surface area contributed by atoms with Crippen LogP contribution in [0.1, 0.15) is 21.7 Å². The minimum atomic E-state index is 0.00989. The molecule has 0 saturated carbocycles. The van der Waals surface area contributed by atoms with Crippen molar-refractivity contribution >= 4 is 23.1 Å². The minimum absolute atomic E-state index is 0.00989. The first-order valence-electron chi connectivity index (χ1n) is 8.66. The number of thiophene rings is 1. The Labute approximate surface area is 161 Å². The summed E-state index contributed by atoms with van der Waals surface area (Å²) in [5.74, 6) is 0. The Bertz CT molecular complexity index is 993. The number of fused-ring (bicyclic) bond motifs is 1. The quantitative estimate of drug-likeness (QED) is 0.545. The molecule has 0 amide bonds. The summed E-state index contributed by atoms with van der Waals surface area (Å²) in [5, 5.41) is 0.711. The summed E-state index contributed by atoms with van der Waals surface area (Å²) in [5.41, 5.74) is 4.35. The first-order valence-corrected chi connectivity index (χ1v) is 10.7.